The van der Waals surface area contributed by atoms with E-state index in [-0.39, 0.29) is 12.6 Å². The number of aliphatic hydroxyl groups is 1. The molecule has 0 radical (unpaired) electrons. The van der Waals surface area contributed by atoms with E-state index >= 15 is 0 Å². The molecule has 1 N–H and O–H groups in total. The summed E-state index contributed by atoms with van der Waals surface area (Å²) in [6.07, 6.45) is 5.53. The Morgan fingerprint density at radius 3 is 2.76 bits per heavy atom. The molecule has 5 heteroatoms. The van der Waals surface area contributed by atoms with Crippen LogP contribution in [0.2, 0.25) is 0 Å². The van der Waals surface area contributed by atoms with Crippen molar-refractivity contribution in [1.29, 1.82) is 0 Å². The number of aromatic nitrogens is 2. The Hall–Kier alpha value is -1.88. The molecular weight excluding hydrogens is 266 g/mol. The zero-order valence-electron chi connectivity index (χ0n) is 12.9. The zero-order chi connectivity index (χ0) is 15.4. The van der Waals surface area contributed by atoms with Crippen molar-refractivity contribution in [3.63, 3.8) is 0 Å². The van der Waals surface area contributed by atoms with Gasteiger partial charge in [0.05, 0.1) is 24.9 Å². The van der Waals surface area contributed by atoms with Gasteiger partial charge in [-0.05, 0) is 30.9 Å². The van der Waals surface area contributed by atoms with Gasteiger partial charge in [0.15, 0.2) is 0 Å². The largest absolute Gasteiger partial charge is 0.394 e. The second-order valence-electron chi connectivity index (χ2n) is 5.95. The van der Waals surface area contributed by atoms with Crippen LogP contribution < -0.4 is 0 Å². The van der Waals surface area contributed by atoms with Gasteiger partial charge in [-0.15, -0.1) is 0 Å². The van der Waals surface area contributed by atoms with Crippen molar-refractivity contribution in [3.05, 3.63) is 35.8 Å². The van der Waals surface area contributed by atoms with E-state index in [0.717, 1.165) is 29.7 Å². The molecule has 21 heavy (non-hydrogen) atoms. The number of hydrogen-bond donors (Lipinski definition) is 1. The fourth-order valence-corrected chi connectivity index (χ4v) is 2.53. The van der Waals surface area contributed by atoms with E-state index < -0.39 is 0 Å². The second-order valence-corrected chi connectivity index (χ2v) is 5.95. The number of carbonyl (C=O) groups is 1. The molecule has 1 unspecified atom stereocenters. The maximum absolute atomic E-state index is 11.3. The number of amides is 1. The van der Waals surface area contributed by atoms with Gasteiger partial charge >= 0.3 is 0 Å². The highest BCUT2D eigenvalue weighted by molar-refractivity contribution is 5.48. The first-order valence-electron chi connectivity index (χ1n) is 7.29. The van der Waals surface area contributed by atoms with Crippen LogP contribution in [0.15, 0.2) is 24.5 Å². The Morgan fingerprint density at radius 1 is 1.38 bits per heavy atom. The quantitative estimate of drug-likeness (QED) is 0.793. The van der Waals surface area contributed by atoms with Crippen molar-refractivity contribution in [2.45, 2.75) is 39.8 Å². The number of rotatable bonds is 7. The molecule has 0 saturated carbocycles. The van der Waals surface area contributed by atoms with Gasteiger partial charge in [0.2, 0.25) is 6.41 Å². The van der Waals surface area contributed by atoms with Gasteiger partial charge in [0, 0.05) is 12.4 Å². The maximum atomic E-state index is 11.3. The van der Waals surface area contributed by atoms with E-state index in [1.54, 1.807) is 4.90 Å². The number of aryl methyl sites for hydroxylation is 1. The third kappa shape index (κ3) is 3.82. The molecule has 1 amide bonds. The molecule has 2 aromatic heterocycles. The fourth-order valence-electron chi connectivity index (χ4n) is 2.53. The number of hydrogen-bond acceptors (Lipinski definition) is 3. The van der Waals surface area contributed by atoms with Crippen LogP contribution in [0.5, 0.6) is 0 Å². The van der Waals surface area contributed by atoms with Gasteiger partial charge in [-0.3, -0.25) is 4.79 Å². The first-order valence-corrected chi connectivity index (χ1v) is 7.29. The number of fused-ring (bicyclic) bond motifs is 1. The van der Waals surface area contributed by atoms with Gasteiger partial charge in [-0.25, -0.2) is 4.98 Å². The second kappa shape index (κ2) is 6.72. The predicted molar refractivity (Wildman–Crippen MR) is 81.9 cm³/mol. The Labute approximate surface area is 125 Å². The van der Waals surface area contributed by atoms with Crippen molar-refractivity contribution >= 4 is 12.1 Å². The topological polar surface area (TPSA) is 57.8 Å². The predicted octanol–water partition coefficient (Wildman–Crippen LogP) is 2.01. The molecule has 0 aromatic carbocycles. The van der Waals surface area contributed by atoms with Crippen LogP contribution in [0, 0.1) is 12.8 Å². The molecule has 2 heterocycles. The molecule has 0 aliphatic rings. The van der Waals surface area contributed by atoms with Gasteiger partial charge in [-0.2, -0.15) is 0 Å². The number of aliphatic hydroxyl groups excluding tert-OH is 1. The average molecular weight is 289 g/mol. The van der Waals surface area contributed by atoms with Crippen LogP contribution in [0.4, 0.5) is 0 Å². The molecule has 1 atom stereocenters. The van der Waals surface area contributed by atoms with Crippen LogP contribution in [0.25, 0.3) is 5.65 Å². The van der Waals surface area contributed by atoms with Crippen LogP contribution in [0.3, 0.4) is 0 Å². The average Bonchev–Trinajstić information content (AvgIpc) is 2.83. The lowest BCUT2D eigenvalue weighted by molar-refractivity contribution is -0.122. The molecule has 0 fully saturated rings. The van der Waals surface area contributed by atoms with Gasteiger partial charge in [0.1, 0.15) is 5.65 Å². The first-order chi connectivity index (χ1) is 10.0. The summed E-state index contributed by atoms with van der Waals surface area (Å²) in [4.78, 5) is 17.5. The van der Waals surface area contributed by atoms with E-state index in [1.807, 2.05) is 35.9 Å². The summed E-state index contributed by atoms with van der Waals surface area (Å²) in [5.74, 6) is 0.424. The van der Waals surface area contributed by atoms with Gasteiger partial charge < -0.3 is 14.4 Å². The van der Waals surface area contributed by atoms with Crippen molar-refractivity contribution in [2.75, 3.05) is 6.61 Å². The summed E-state index contributed by atoms with van der Waals surface area (Å²) in [7, 11) is 0. The molecule has 5 nitrogen and oxygen atoms in total. The van der Waals surface area contributed by atoms with E-state index in [2.05, 4.69) is 18.8 Å². The van der Waals surface area contributed by atoms with Crippen LogP contribution in [0.1, 0.15) is 31.5 Å². The number of pyridine rings is 1. The molecular formula is C16H23N3O2. The standard InChI is InChI=1S/C16H23N3O2/c1-12(2)6-15(10-20)19(11-21)9-14-8-18-7-13(3)4-5-16(18)17-14/h4-5,7-8,11-12,15,20H,6,9-10H2,1-3H3. The Morgan fingerprint density at radius 2 is 2.14 bits per heavy atom. The minimum absolute atomic E-state index is 0.0244. The first kappa shape index (κ1) is 15.5. The Balaban J connectivity index is 2.17. The molecule has 0 saturated heterocycles. The Kier molecular flexibility index (Phi) is 4.96. The van der Waals surface area contributed by atoms with E-state index in [1.165, 1.54) is 0 Å². The van der Waals surface area contributed by atoms with Crippen molar-refractivity contribution in [2.24, 2.45) is 5.92 Å². The smallest absolute Gasteiger partial charge is 0.210 e. The zero-order valence-corrected chi connectivity index (χ0v) is 12.9. The van der Waals surface area contributed by atoms with Gasteiger partial charge in [0.25, 0.3) is 0 Å². The Bertz CT molecular complexity index is 607. The van der Waals surface area contributed by atoms with Crippen LogP contribution in [-0.4, -0.2) is 38.4 Å². The monoisotopic (exact) mass is 289 g/mol. The minimum Gasteiger partial charge on any atom is -0.394 e. The lowest BCUT2D eigenvalue weighted by Gasteiger charge is -2.27. The lowest BCUT2D eigenvalue weighted by atomic mass is 10.0. The van der Waals surface area contributed by atoms with Crippen molar-refractivity contribution in [3.8, 4) is 0 Å². The molecule has 0 aliphatic heterocycles. The van der Waals surface area contributed by atoms with E-state index in [9.17, 15) is 9.90 Å². The van der Waals surface area contributed by atoms with E-state index in [4.69, 9.17) is 0 Å². The number of imidazole rings is 1. The van der Waals surface area contributed by atoms with E-state index in [0.29, 0.717) is 12.5 Å². The highest BCUT2D eigenvalue weighted by atomic mass is 16.3. The normalized spacial score (nSPS) is 12.8. The summed E-state index contributed by atoms with van der Waals surface area (Å²) in [5.41, 5.74) is 2.85. The van der Waals surface area contributed by atoms with Crippen LogP contribution >= 0.6 is 0 Å². The molecule has 2 aromatic rings. The third-order valence-corrected chi connectivity index (χ3v) is 3.55. The molecule has 0 spiro atoms. The highest BCUT2D eigenvalue weighted by Gasteiger charge is 2.18. The number of carbonyl (C=O) groups excluding carboxylic acids is 1. The molecule has 114 valence electrons. The van der Waals surface area contributed by atoms with Gasteiger partial charge in [-0.1, -0.05) is 19.9 Å². The highest BCUT2D eigenvalue weighted by Crippen LogP contribution is 2.14. The molecule has 0 aliphatic carbocycles. The third-order valence-electron chi connectivity index (χ3n) is 3.55. The lowest BCUT2D eigenvalue weighted by Crippen LogP contribution is -2.37. The maximum Gasteiger partial charge on any atom is 0.210 e. The molecule has 0 bridgehead atoms. The summed E-state index contributed by atoms with van der Waals surface area (Å²) in [6.45, 7) is 6.59. The summed E-state index contributed by atoms with van der Waals surface area (Å²) >= 11 is 0. The summed E-state index contributed by atoms with van der Waals surface area (Å²) < 4.78 is 1.96. The fraction of sp³-hybridized carbons (Fsp3) is 0.500. The van der Waals surface area contributed by atoms with Crippen LogP contribution in [-0.2, 0) is 11.3 Å². The minimum atomic E-state index is -0.158. The summed E-state index contributed by atoms with van der Waals surface area (Å²) in [5, 5.41) is 9.50. The molecule has 2 rings (SSSR count). The number of nitrogens with zero attached hydrogens (tertiary/aromatic N) is 3. The van der Waals surface area contributed by atoms with Crippen molar-refractivity contribution in [1.82, 2.24) is 14.3 Å². The summed E-state index contributed by atoms with van der Waals surface area (Å²) in [6, 6.07) is 3.81. The van der Waals surface area contributed by atoms with Crippen molar-refractivity contribution < 1.29 is 9.90 Å². The SMILES string of the molecule is Cc1ccc2nc(CN(C=O)C(CO)CC(C)C)cn2c1.